The maximum atomic E-state index is 6.94. The molecule has 262 valence electrons. The Balaban J connectivity index is 1.08. The van der Waals surface area contributed by atoms with E-state index in [1.54, 1.807) is 11.3 Å². The SMILES string of the molecule is C/C=C(/C1=NC(c2ccccc2)=NC(c2ccc3c(c2)sc2ccccc23)N1)c1c(N)oc2c(-n3c4ccccc4c4ccc5ccccc5c43)cccc12. The average molecular weight is 728 g/mol. The quantitative estimate of drug-likeness (QED) is 0.185. The molecule has 4 heterocycles. The van der Waals surface area contributed by atoms with Gasteiger partial charge in [-0.3, -0.25) is 0 Å². The van der Waals surface area contributed by atoms with Crippen LogP contribution in [0, 0.1) is 0 Å². The Labute approximate surface area is 320 Å². The van der Waals surface area contributed by atoms with Crippen LogP contribution in [0.5, 0.6) is 0 Å². The Bertz CT molecular complexity index is 3270. The fraction of sp³-hybridized carbons (Fsp3) is 0.0417. The number of furan rings is 1. The molecule has 0 bridgehead atoms. The summed E-state index contributed by atoms with van der Waals surface area (Å²) in [6.45, 7) is 2.02. The lowest BCUT2D eigenvalue weighted by atomic mass is 10.0. The first-order valence-corrected chi connectivity index (χ1v) is 19.3. The summed E-state index contributed by atoms with van der Waals surface area (Å²) in [5.41, 5.74) is 14.4. The summed E-state index contributed by atoms with van der Waals surface area (Å²) in [6, 6.07) is 53.2. The molecule has 3 aromatic heterocycles. The maximum Gasteiger partial charge on any atom is 0.199 e. The maximum absolute atomic E-state index is 6.94. The lowest BCUT2D eigenvalue weighted by molar-refractivity contribution is 0.634. The van der Waals surface area contributed by atoms with Gasteiger partial charge in [-0.1, -0.05) is 133 Å². The molecule has 3 N–H and O–H groups in total. The minimum atomic E-state index is -0.381. The van der Waals surface area contributed by atoms with Crippen LogP contribution in [-0.2, 0) is 0 Å². The van der Waals surface area contributed by atoms with Gasteiger partial charge in [0.2, 0.25) is 0 Å². The monoisotopic (exact) mass is 727 g/mol. The van der Waals surface area contributed by atoms with Gasteiger partial charge < -0.3 is 20.0 Å². The first kappa shape index (κ1) is 31.6. The number of nitrogens with zero attached hydrogens (tertiary/aromatic N) is 3. The van der Waals surface area contributed by atoms with E-state index in [2.05, 4.69) is 149 Å². The molecule has 0 amide bonds. The Morgan fingerprint density at radius 2 is 1.44 bits per heavy atom. The number of rotatable bonds is 5. The number of fused-ring (bicyclic) bond motifs is 9. The standard InChI is InChI=1S/C48H33N5OS/c1-2-31(48-51-46(29-14-4-3-5-15-29)50-47(52-48)30-24-25-35-34-18-9-11-22-40(34)55-41(35)27-30)42-37-19-12-21-39(44(37)54-45(42)49)53-38-20-10-8-17-33(38)36-26-23-28-13-6-7-16-32(28)43(36)53/h2-27,47H,49H2,1H3,(H,50,51,52)/b31-2+. The van der Waals surface area contributed by atoms with Gasteiger partial charge in [-0.05, 0) is 42.1 Å². The molecule has 0 aliphatic carbocycles. The number of aliphatic imine (C=N–C) groups is 2. The highest BCUT2D eigenvalue weighted by Gasteiger charge is 2.28. The van der Waals surface area contributed by atoms with Gasteiger partial charge in [-0.2, -0.15) is 0 Å². The minimum Gasteiger partial charge on any atom is -0.438 e. The van der Waals surface area contributed by atoms with Crippen molar-refractivity contribution in [1.82, 2.24) is 9.88 Å². The third kappa shape index (κ3) is 4.87. The van der Waals surface area contributed by atoms with E-state index in [1.807, 2.05) is 25.1 Å². The number of allylic oxidation sites excluding steroid dienone is 1. The average Bonchev–Trinajstić information content (AvgIpc) is 3.90. The molecule has 0 fully saturated rings. The highest BCUT2D eigenvalue weighted by Crippen LogP contribution is 2.43. The van der Waals surface area contributed by atoms with Gasteiger partial charge in [-0.25, -0.2) is 9.98 Å². The second kappa shape index (κ2) is 12.3. The highest BCUT2D eigenvalue weighted by atomic mass is 32.1. The van der Waals surface area contributed by atoms with E-state index in [1.165, 1.54) is 41.7 Å². The van der Waals surface area contributed by atoms with Crippen LogP contribution in [-0.4, -0.2) is 16.2 Å². The fourth-order valence-electron chi connectivity index (χ4n) is 8.34. The van der Waals surface area contributed by atoms with Crippen molar-refractivity contribution in [2.24, 2.45) is 9.98 Å². The van der Waals surface area contributed by atoms with Gasteiger partial charge in [0.25, 0.3) is 0 Å². The summed E-state index contributed by atoms with van der Waals surface area (Å²) in [6.07, 6.45) is 1.68. The molecule has 7 heteroatoms. The normalized spacial score (nSPS) is 15.0. The second-order valence-corrected chi connectivity index (χ2v) is 15.0. The van der Waals surface area contributed by atoms with Gasteiger partial charge in [0, 0.05) is 52.9 Å². The number of nitrogen functional groups attached to an aromatic ring is 1. The van der Waals surface area contributed by atoms with E-state index in [9.17, 15) is 0 Å². The van der Waals surface area contributed by atoms with Gasteiger partial charge >= 0.3 is 0 Å². The van der Waals surface area contributed by atoms with Crippen molar-refractivity contribution in [1.29, 1.82) is 0 Å². The summed E-state index contributed by atoms with van der Waals surface area (Å²) < 4.78 is 11.5. The number of hydrogen-bond donors (Lipinski definition) is 2. The van der Waals surface area contributed by atoms with Crippen molar-refractivity contribution in [2.75, 3.05) is 5.73 Å². The van der Waals surface area contributed by atoms with E-state index in [0.29, 0.717) is 23.1 Å². The molecule has 1 atom stereocenters. The Kier molecular flexibility index (Phi) is 7.06. The molecule has 10 aromatic rings. The summed E-state index contributed by atoms with van der Waals surface area (Å²) in [5.74, 6) is 1.66. The number of hydrogen-bond acceptors (Lipinski definition) is 6. The smallest absolute Gasteiger partial charge is 0.199 e. The van der Waals surface area contributed by atoms with Crippen LogP contribution in [0.25, 0.3) is 75.0 Å². The molecule has 11 rings (SSSR count). The number of amidine groups is 2. The molecule has 55 heavy (non-hydrogen) atoms. The largest absolute Gasteiger partial charge is 0.438 e. The molecule has 7 aromatic carbocycles. The Morgan fingerprint density at radius 3 is 2.31 bits per heavy atom. The van der Waals surface area contributed by atoms with Crippen LogP contribution < -0.4 is 11.1 Å². The van der Waals surface area contributed by atoms with Crippen molar-refractivity contribution < 1.29 is 4.42 Å². The first-order valence-electron chi connectivity index (χ1n) is 18.4. The fourth-order valence-corrected chi connectivity index (χ4v) is 9.50. The third-order valence-corrected chi connectivity index (χ3v) is 12.0. The van der Waals surface area contributed by atoms with Crippen molar-refractivity contribution in [2.45, 2.75) is 13.1 Å². The second-order valence-electron chi connectivity index (χ2n) is 13.9. The molecule has 0 radical (unpaired) electrons. The molecule has 1 aliphatic heterocycles. The minimum absolute atomic E-state index is 0.331. The predicted molar refractivity (Wildman–Crippen MR) is 232 cm³/mol. The molecule has 6 nitrogen and oxygen atoms in total. The first-order chi connectivity index (χ1) is 27.1. The zero-order valence-electron chi connectivity index (χ0n) is 29.8. The van der Waals surface area contributed by atoms with Crippen LogP contribution in [0.4, 0.5) is 5.88 Å². The number of nitrogens with two attached hydrogens (primary N) is 1. The van der Waals surface area contributed by atoms with Crippen LogP contribution in [0.3, 0.4) is 0 Å². The summed E-state index contributed by atoms with van der Waals surface area (Å²) in [5, 5.41) is 11.9. The van der Waals surface area contributed by atoms with E-state index in [-0.39, 0.29) is 6.17 Å². The Morgan fingerprint density at radius 1 is 0.709 bits per heavy atom. The third-order valence-electron chi connectivity index (χ3n) is 10.8. The van der Waals surface area contributed by atoms with Gasteiger partial charge in [-0.15, -0.1) is 11.3 Å². The van der Waals surface area contributed by atoms with Gasteiger partial charge in [0.15, 0.2) is 17.3 Å². The van der Waals surface area contributed by atoms with Crippen molar-refractivity contribution in [3.8, 4) is 5.69 Å². The number of para-hydroxylation sites is 2. The molecule has 0 saturated heterocycles. The summed E-state index contributed by atoms with van der Waals surface area (Å²) in [7, 11) is 0. The van der Waals surface area contributed by atoms with Crippen molar-refractivity contribution >= 4 is 98.2 Å². The van der Waals surface area contributed by atoms with Crippen LogP contribution in [0.1, 0.15) is 29.8 Å². The predicted octanol–water partition coefficient (Wildman–Crippen LogP) is 12.2. The van der Waals surface area contributed by atoms with Crippen LogP contribution >= 0.6 is 11.3 Å². The number of anilines is 1. The summed E-state index contributed by atoms with van der Waals surface area (Å²) >= 11 is 1.80. The van der Waals surface area contributed by atoms with Gasteiger partial charge in [0.05, 0.1) is 22.3 Å². The number of aromatic nitrogens is 1. The number of thiophene rings is 1. The molecule has 1 aliphatic rings. The number of benzene rings is 7. The van der Waals surface area contributed by atoms with Crippen molar-refractivity contribution in [3.63, 3.8) is 0 Å². The van der Waals surface area contributed by atoms with E-state index < -0.39 is 0 Å². The zero-order chi connectivity index (χ0) is 36.6. The topological polar surface area (TPSA) is 80.8 Å². The molecule has 0 spiro atoms. The van der Waals surface area contributed by atoms with E-state index in [4.69, 9.17) is 20.1 Å². The highest BCUT2D eigenvalue weighted by molar-refractivity contribution is 7.25. The van der Waals surface area contributed by atoms with E-state index >= 15 is 0 Å². The number of nitrogens with one attached hydrogen (secondary N) is 1. The molecular formula is C48H33N5OS. The lowest BCUT2D eigenvalue weighted by Crippen LogP contribution is -2.33. The summed E-state index contributed by atoms with van der Waals surface area (Å²) in [4.78, 5) is 10.4. The molecule has 1 unspecified atom stereocenters. The van der Waals surface area contributed by atoms with Crippen LogP contribution in [0.2, 0.25) is 0 Å². The lowest BCUT2D eigenvalue weighted by Gasteiger charge is -2.25. The zero-order valence-corrected chi connectivity index (χ0v) is 30.6. The van der Waals surface area contributed by atoms with E-state index in [0.717, 1.165) is 44.4 Å². The molecule has 0 saturated carbocycles. The Hall–Kier alpha value is -6.96. The molecular weight excluding hydrogens is 695 g/mol. The van der Waals surface area contributed by atoms with Crippen molar-refractivity contribution in [3.05, 3.63) is 174 Å². The van der Waals surface area contributed by atoms with Crippen LogP contribution in [0.15, 0.2) is 172 Å². The van der Waals surface area contributed by atoms with Gasteiger partial charge in [0.1, 0.15) is 12.0 Å².